The van der Waals surface area contributed by atoms with Crippen molar-refractivity contribution in [3.63, 3.8) is 0 Å². The summed E-state index contributed by atoms with van der Waals surface area (Å²) in [4.78, 5) is 0. The fourth-order valence-electron chi connectivity index (χ4n) is 2.35. The Morgan fingerprint density at radius 2 is 2.19 bits per heavy atom. The van der Waals surface area contributed by atoms with Crippen LogP contribution in [0.1, 0.15) is 50.3 Å². The average Bonchev–Trinajstić information content (AvgIpc) is 2.75. The topological polar surface area (TPSA) is 53.6 Å². The summed E-state index contributed by atoms with van der Waals surface area (Å²) in [6, 6.07) is 0.233. The second-order valence-electron chi connectivity index (χ2n) is 4.35. The first-order chi connectivity index (χ1) is 7.92. The molecule has 0 spiro atoms. The van der Waals surface area contributed by atoms with Gasteiger partial charge in [-0.1, -0.05) is 24.5 Å². The number of rotatable bonds is 3. The van der Waals surface area contributed by atoms with E-state index in [1.807, 2.05) is 7.05 Å². The lowest BCUT2D eigenvalue weighted by molar-refractivity contribution is 0.566. The number of nitrogens with one attached hydrogen (secondary N) is 2. The molecular weight excluding hydrogens is 200 g/mol. The minimum absolute atomic E-state index is 0.233. The molecule has 0 fully saturated rings. The Labute approximate surface area is 96.5 Å². The summed E-state index contributed by atoms with van der Waals surface area (Å²) in [5.74, 6) is 0. The van der Waals surface area contributed by atoms with E-state index in [4.69, 9.17) is 0 Å². The largest absolute Gasteiger partial charge is 0.308 e. The van der Waals surface area contributed by atoms with Gasteiger partial charge in [0.1, 0.15) is 5.69 Å². The van der Waals surface area contributed by atoms with Crippen molar-refractivity contribution >= 4 is 0 Å². The molecule has 1 aromatic rings. The third kappa shape index (κ3) is 2.70. The summed E-state index contributed by atoms with van der Waals surface area (Å²) in [5.41, 5.74) is 2.46. The predicted octanol–water partition coefficient (Wildman–Crippen LogP) is 2.35. The van der Waals surface area contributed by atoms with E-state index in [9.17, 15) is 0 Å². The molecule has 2 N–H and O–H groups in total. The Kier molecular flexibility index (Phi) is 4.10. The molecular formula is C12H20N4. The van der Waals surface area contributed by atoms with Crippen LogP contribution in [-0.4, -0.2) is 22.5 Å². The van der Waals surface area contributed by atoms with Crippen molar-refractivity contribution in [1.82, 2.24) is 20.7 Å². The van der Waals surface area contributed by atoms with E-state index in [0.717, 1.165) is 5.69 Å². The predicted molar refractivity (Wildman–Crippen MR) is 64.0 cm³/mol. The Hall–Kier alpha value is -1.16. The summed E-state index contributed by atoms with van der Waals surface area (Å²) in [6.45, 7) is 0. The van der Waals surface area contributed by atoms with Gasteiger partial charge in [-0.15, -0.1) is 0 Å². The van der Waals surface area contributed by atoms with Crippen molar-refractivity contribution in [1.29, 1.82) is 0 Å². The van der Waals surface area contributed by atoms with E-state index in [1.54, 1.807) is 6.20 Å². The van der Waals surface area contributed by atoms with Crippen molar-refractivity contribution in [2.45, 2.75) is 44.6 Å². The maximum Gasteiger partial charge on any atom is 0.104 e. The molecule has 2 rings (SSSR count). The average molecular weight is 220 g/mol. The van der Waals surface area contributed by atoms with Crippen LogP contribution in [0.4, 0.5) is 0 Å². The summed E-state index contributed by atoms with van der Waals surface area (Å²) in [7, 11) is 1.99. The molecule has 0 saturated heterocycles. The van der Waals surface area contributed by atoms with E-state index in [-0.39, 0.29) is 6.04 Å². The first kappa shape index (κ1) is 11.3. The lowest BCUT2D eigenvalue weighted by Gasteiger charge is -2.19. The molecule has 88 valence electrons. The van der Waals surface area contributed by atoms with E-state index in [0.29, 0.717) is 0 Å². The maximum atomic E-state index is 4.18. The van der Waals surface area contributed by atoms with Crippen LogP contribution in [0.25, 0.3) is 0 Å². The zero-order valence-electron chi connectivity index (χ0n) is 9.87. The van der Waals surface area contributed by atoms with Gasteiger partial charge in [-0.05, 0) is 32.7 Å². The monoisotopic (exact) mass is 220 g/mol. The number of hydrogen-bond donors (Lipinski definition) is 2. The van der Waals surface area contributed by atoms with Gasteiger partial charge in [0.25, 0.3) is 0 Å². The molecule has 1 atom stereocenters. The van der Waals surface area contributed by atoms with Crippen LogP contribution >= 0.6 is 0 Å². The fourth-order valence-corrected chi connectivity index (χ4v) is 2.35. The Bertz CT molecular complexity index is 329. The molecule has 16 heavy (non-hydrogen) atoms. The first-order valence-electron chi connectivity index (χ1n) is 6.13. The van der Waals surface area contributed by atoms with Crippen LogP contribution in [0, 0.1) is 0 Å². The van der Waals surface area contributed by atoms with Gasteiger partial charge in [0.2, 0.25) is 0 Å². The second kappa shape index (κ2) is 5.80. The molecule has 1 unspecified atom stereocenters. The molecule has 0 aliphatic heterocycles. The van der Waals surface area contributed by atoms with Crippen LogP contribution in [0.5, 0.6) is 0 Å². The van der Waals surface area contributed by atoms with Gasteiger partial charge >= 0.3 is 0 Å². The van der Waals surface area contributed by atoms with Gasteiger partial charge < -0.3 is 5.32 Å². The number of allylic oxidation sites excluding steroid dienone is 1. The molecule has 0 radical (unpaired) electrons. The molecule has 0 aromatic carbocycles. The quantitative estimate of drug-likeness (QED) is 0.769. The van der Waals surface area contributed by atoms with Crippen LogP contribution in [-0.2, 0) is 0 Å². The van der Waals surface area contributed by atoms with E-state index in [2.05, 4.69) is 26.8 Å². The van der Waals surface area contributed by atoms with E-state index in [1.165, 1.54) is 44.1 Å². The van der Waals surface area contributed by atoms with Gasteiger partial charge in [0.05, 0.1) is 12.2 Å². The minimum atomic E-state index is 0.233. The zero-order valence-corrected chi connectivity index (χ0v) is 9.87. The normalized spacial score (nSPS) is 19.7. The van der Waals surface area contributed by atoms with Gasteiger partial charge in [0, 0.05) is 0 Å². The Morgan fingerprint density at radius 3 is 2.94 bits per heavy atom. The van der Waals surface area contributed by atoms with Crippen LogP contribution in [0.15, 0.2) is 17.8 Å². The summed E-state index contributed by atoms with van der Waals surface area (Å²) < 4.78 is 0. The highest BCUT2D eigenvalue weighted by Crippen LogP contribution is 2.26. The Balaban J connectivity index is 2.12. The molecule has 1 aliphatic rings. The molecule has 1 aliphatic carbocycles. The summed E-state index contributed by atoms with van der Waals surface area (Å²) in [6.07, 6.45) is 11.9. The second-order valence-corrected chi connectivity index (χ2v) is 4.35. The van der Waals surface area contributed by atoms with Crippen molar-refractivity contribution in [2.75, 3.05) is 7.05 Å². The lowest BCUT2D eigenvalue weighted by atomic mass is 9.93. The minimum Gasteiger partial charge on any atom is -0.308 e. The Morgan fingerprint density at radius 1 is 1.31 bits per heavy atom. The molecule has 1 aromatic heterocycles. The number of aromatic nitrogens is 3. The first-order valence-corrected chi connectivity index (χ1v) is 6.13. The van der Waals surface area contributed by atoms with Crippen molar-refractivity contribution in [3.05, 3.63) is 23.5 Å². The molecule has 0 saturated carbocycles. The zero-order chi connectivity index (χ0) is 11.2. The summed E-state index contributed by atoms with van der Waals surface area (Å²) >= 11 is 0. The van der Waals surface area contributed by atoms with Crippen molar-refractivity contribution < 1.29 is 0 Å². The number of hydrogen-bond acceptors (Lipinski definition) is 3. The van der Waals surface area contributed by atoms with Gasteiger partial charge in [-0.25, -0.2) is 0 Å². The van der Waals surface area contributed by atoms with Crippen molar-refractivity contribution in [3.8, 4) is 0 Å². The third-order valence-corrected chi connectivity index (χ3v) is 3.21. The van der Waals surface area contributed by atoms with E-state index >= 15 is 0 Å². The lowest BCUT2D eigenvalue weighted by Crippen LogP contribution is -2.19. The maximum absolute atomic E-state index is 4.18. The molecule has 4 nitrogen and oxygen atoms in total. The summed E-state index contributed by atoms with van der Waals surface area (Å²) in [5, 5.41) is 14.1. The highest BCUT2D eigenvalue weighted by molar-refractivity contribution is 5.20. The van der Waals surface area contributed by atoms with Gasteiger partial charge in [-0.3, -0.25) is 0 Å². The fraction of sp³-hybridized carbons (Fsp3) is 0.667. The smallest absolute Gasteiger partial charge is 0.104 e. The van der Waals surface area contributed by atoms with Crippen LogP contribution in [0.3, 0.4) is 0 Å². The van der Waals surface area contributed by atoms with E-state index < -0.39 is 0 Å². The van der Waals surface area contributed by atoms with Gasteiger partial charge in [0.15, 0.2) is 0 Å². The van der Waals surface area contributed by atoms with Gasteiger partial charge in [-0.2, -0.15) is 15.4 Å². The van der Waals surface area contributed by atoms with Crippen molar-refractivity contribution in [2.24, 2.45) is 0 Å². The SMILES string of the molecule is CNC(C1=CCCCCCC1)c1cn[nH]n1. The highest BCUT2D eigenvalue weighted by atomic mass is 15.3. The third-order valence-electron chi connectivity index (χ3n) is 3.21. The molecule has 0 amide bonds. The molecule has 1 heterocycles. The number of nitrogens with zero attached hydrogens (tertiary/aromatic N) is 2. The highest BCUT2D eigenvalue weighted by Gasteiger charge is 2.17. The molecule has 4 heteroatoms. The number of aromatic amines is 1. The molecule has 0 bridgehead atoms. The number of H-pyrrole nitrogens is 1. The standard InChI is InChI=1S/C12H20N4/c1-13-12(11-9-14-16-15-11)10-7-5-3-2-4-6-8-10/h7,9,12-13H,2-6,8H2,1H3,(H,14,15,16). The van der Waals surface area contributed by atoms with Crippen LogP contribution in [0.2, 0.25) is 0 Å². The number of likely N-dealkylation sites (N-methyl/N-ethyl adjacent to an activating group) is 1. The van der Waals surface area contributed by atoms with Crippen LogP contribution < -0.4 is 5.32 Å².